The zero-order chi connectivity index (χ0) is 18.1. The molecule has 0 saturated heterocycles. The summed E-state index contributed by atoms with van der Waals surface area (Å²) in [6.07, 6.45) is 9.45. The molecule has 2 aliphatic rings. The fourth-order valence-corrected chi connectivity index (χ4v) is 2.96. The van der Waals surface area contributed by atoms with Crippen molar-refractivity contribution in [3.63, 3.8) is 0 Å². The number of fused-ring (bicyclic) bond motifs is 1. The molecule has 2 heterocycles. The van der Waals surface area contributed by atoms with Crippen LogP contribution in [-0.4, -0.2) is 27.7 Å². The van der Waals surface area contributed by atoms with E-state index in [1.54, 1.807) is 24.7 Å². The standard InChI is InChI=1S/C19H14F3N3O/c20-19(21,22)26-16-5-1-13(2-6-16)17-7-3-14-11-15(4-8-18(14)24-17)25-10-9-23-12-25/h1-7,9-12,18H,8H2. The average Bonchev–Trinajstić information content (AvgIpc) is 3.15. The van der Waals surface area contributed by atoms with E-state index in [2.05, 4.69) is 21.9 Å². The lowest BCUT2D eigenvalue weighted by Crippen LogP contribution is -2.18. The van der Waals surface area contributed by atoms with Crippen LogP contribution in [0.25, 0.3) is 5.70 Å². The third-order valence-corrected chi connectivity index (χ3v) is 4.16. The van der Waals surface area contributed by atoms with Crippen molar-refractivity contribution < 1.29 is 17.9 Å². The van der Waals surface area contributed by atoms with Crippen LogP contribution in [0.5, 0.6) is 5.75 Å². The van der Waals surface area contributed by atoms with Crippen molar-refractivity contribution in [2.75, 3.05) is 0 Å². The van der Waals surface area contributed by atoms with Crippen LogP contribution in [0.3, 0.4) is 0 Å². The van der Waals surface area contributed by atoms with E-state index >= 15 is 0 Å². The number of allylic oxidation sites excluding steroid dienone is 3. The number of benzene rings is 1. The quantitative estimate of drug-likeness (QED) is 0.818. The second-order valence-corrected chi connectivity index (χ2v) is 5.91. The fraction of sp³-hybridized carbons (Fsp3) is 0.158. The molecule has 1 unspecified atom stereocenters. The number of rotatable bonds is 3. The van der Waals surface area contributed by atoms with E-state index in [4.69, 9.17) is 4.99 Å². The van der Waals surface area contributed by atoms with Crippen LogP contribution in [0, 0.1) is 0 Å². The maximum atomic E-state index is 12.2. The lowest BCUT2D eigenvalue weighted by atomic mass is 9.93. The first-order chi connectivity index (χ1) is 12.5. The van der Waals surface area contributed by atoms with Gasteiger partial charge in [0.2, 0.25) is 0 Å². The number of aliphatic imine (C=N–C) groups is 1. The number of hydrogen-bond acceptors (Lipinski definition) is 3. The predicted octanol–water partition coefficient (Wildman–Crippen LogP) is 4.38. The minimum absolute atomic E-state index is 0.00775. The molecule has 4 nitrogen and oxygen atoms in total. The number of imidazole rings is 1. The van der Waals surface area contributed by atoms with Crippen molar-refractivity contribution in [1.29, 1.82) is 0 Å². The minimum atomic E-state index is -4.69. The van der Waals surface area contributed by atoms with Gasteiger partial charge >= 0.3 is 6.36 Å². The fourth-order valence-electron chi connectivity index (χ4n) is 2.96. The summed E-state index contributed by atoms with van der Waals surface area (Å²) in [7, 11) is 0. The van der Waals surface area contributed by atoms with E-state index < -0.39 is 6.36 Å². The van der Waals surface area contributed by atoms with Gasteiger partial charge in [-0.25, -0.2) is 4.98 Å². The monoisotopic (exact) mass is 357 g/mol. The largest absolute Gasteiger partial charge is 0.573 e. The van der Waals surface area contributed by atoms with E-state index in [-0.39, 0.29) is 11.8 Å². The van der Waals surface area contributed by atoms with Crippen LogP contribution in [0.4, 0.5) is 13.2 Å². The van der Waals surface area contributed by atoms with Crippen molar-refractivity contribution in [1.82, 2.24) is 9.55 Å². The van der Waals surface area contributed by atoms with Gasteiger partial charge in [-0.2, -0.15) is 0 Å². The van der Waals surface area contributed by atoms with E-state index in [0.717, 1.165) is 29.0 Å². The van der Waals surface area contributed by atoms with Crippen LogP contribution in [-0.2, 0) is 0 Å². The molecule has 1 aliphatic carbocycles. The summed E-state index contributed by atoms with van der Waals surface area (Å²) < 4.78 is 42.6. The third kappa shape index (κ3) is 3.46. The van der Waals surface area contributed by atoms with Gasteiger partial charge in [-0.15, -0.1) is 13.2 Å². The normalized spacial score (nSPS) is 19.3. The Labute approximate surface area is 147 Å². The Bertz CT molecular complexity index is 920. The highest BCUT2D eigenvalue weighted by Crippen LogP contribution is 2.29. The van der Waals surface area contributed by atoms with E-state index in [9.17, 15) is 13.2 Å². The molecular formula is C19H14F3N3O. The Hall–Kier alpha value is -3.09. The average molecular weight is 357 g/mol. The molecule has 1 atom stereocenters. The molecule has 4 rings (SSSR count). The second-order valence-electron chi connectivity index (χ2n) is 5.91. The molecule has 1 aromatic heterocycles. The highest BCUT2D eigenvalue weighted by atomic mass is 19.4. The van der Waals surface area contributed by atoms with Gasteiger partial charge in [0.1, 0.15) is 5.75 Å². The summed E-state index contributed by atoms with van der Waals surface area (Å²) in [6, 6.07) is 5.75. The number of aromatic nitrogens is 2. The van der Waals surface area contributed by atoms with Crippen LogP contribution >= 0.6 is 0 Å². The Balaban J connectivity index is 1.52. The smallest absolute Gasteiger partial charge is 0.406 e. The molecule has 1 aliphatic heterocycles. The predicted molar refractivity (Wildman–Crippen MR) is 91.8 cm³/mol. The molecule has 7 heteroatoms. The number of halogens is 3. The summed E-state index contributed by atoms with van der Waals surface area (Å²) in [5.74, 6) is -0.243. The Morgan fingerprint density at radius 3 is 2.62 bits per heavy atom. The molecule has 2 aromatic rings. The first-order valence-corrected chi connectivity index (χ1v) is 8.00. The van der Waals surface area contributed by atoms with Crippen molar-refractivity contribution in [3.05, 3.63) is 78.4 Å². The molecule has 0 amide bonds. The van der Waals surface area contributed by atoms with Gasteiger partial charge in [-0.1, -0.05) is 12.2 Å². The van der Waals surface area contributed by atoms with Gasteiger partial charge < -0.3 is 9.30 Å². The highest BCUT2D eigenvalue weighted by molar-refractivity contribution is 6.10. The van der Waals surface area contributed by atoms with Gasteiger partial charge in [0.25, 0.3) is 0 Å². The summed E-state index contributed by atoms with van der Waals surface area (Å²) in [5, 5.41) is 0. The van der Waals surface area contributed by atoms with E-state index in [1.165, 1.54) is 12.1 Å². The second kappa shape index (κ2) is 6.33. The lowest BCUT2D eigenvalue weighted by molar-refractivity contribution is -0.274. The van der Waals surface area contributed by atoms with Crippen LogP contribution < -0.4 is 4.74 Å². The highest BCUT2D eigenvalue weighted by Gasteiger charge is 2.31. The summed E-state index contributed by atoms with van der Waals surface area (Å²) in [6.45, 7) is 0. The maximum Gasteiger partial charge on any atom is 0.573 e. The SMILES string of the molecule is FC(F)(F)Oc1ccc(C2=NC3CC=C(n4ccnc4)C=C3C=C2)cc1. The molecule has 0 N–H and O–H groups in total. The molecule has 0 spiro atoms. The zero-order valence-corrected chi connectivity index (χ0v) is 13.5. The van der Waals surface area contributed by atoms with E-state index in [0.29, 0.717) is 0 Å². The Morgan fingerprint density at radius 2 is 1.92 bits per heavy atom. The van der Waals surface area contributed by atoms with Crippen molar-refractivity contribution in [2.45, 2.75) is 18.8 Å². The molecular weight excluding hydrogens is 343 g/mol. The van der Waals surface area contributed by atoms with Crippen LogP contribution in [0.1, 0.15) is 12.0 Å². The number of hydrogen-bond donors (Lipinski definition) is 0. The maximum absolute atomic E-state index is 12.2. The van der Waals surface area contributed by atoms with Crippen LogP contribution in [0.2, 0.25) is 0 Å². The third-order valence-electron chi connectivity index (χ3n) is 4.16. The molecule has 0 saturated carbocycles. The lowest BCUT2D eigenvalue weighted by Gasteiger charge is -2.23. The molecule has 1 aromatic carbocycles. The zero-order valence-electron chi connectivity index (χ0n) is 13.5. The van der Waals surface area contributed by atoms with Gasteiger partial charge in [0, 0.05) is 18.1 Å². The summed E-state index contributed by atoms with van der Waals surface area (Å²) >= 11 is 0. The van der Waals surface area contributed by atoms with Crippen molar-refractivity contribution >= 4 is 11.4 Å². The molecule has 132 valence electrons. The Morgan fingerprint density at radius 1 is 1.12 bits per heavy atom. The summed E-state index contributed by atoms with van der Waals surface area (Å²) in [5.41, 5.74) is 3.63. The van der Waals surface area contributed by atoms with Crippen molar-refractivity contribution in [2.24, 2.45) is 4.99 Å². The van der Waals surface area contributed by atoms with Crippen molar-refractivity contribution in [3.8, 4) is 5.75 Å². The van der Waals surface area contributed by atoms with Crippen LogP contribution in [0.15, 0.2) is 77.9 Å². The molecule has 0 fully saturated rings. The van der Waals surface area contributed by atoms with Gasteiger partial charge in [0.05, 0.1) is 18.1 Å². The number of ether oxygens (including phenoxy) is 1. The summed E-state index contributed by atoms with van der Waals surface area (Å²) in [4.78, 5) is 8.77. The molecule has 26 heavy (non-hydrogen) atoms. The van der Waals surface area contributed by atoms with E-state index in [1.807, 2.05) is 22.9 Å². The molecule has 0 bridgehead atoms. The number of alkyl halides is 3. The Kier molecular flexibility index (Phi) is 3.99. The number of dihydropyridines is 1. The van der Waals surface area contributed by atoms with Gasteiger partial charge in [-0.05, 0) is 54.0 Å². The minimum Gasteiger partial charge on any atom is -0.406 e. The van der Waals surface area contributed by atoms with Gasteiger partial charge in [-0.3, -0.25) is 4.99 Å². The first kappa shape index (κ1) is 16.4. The van der Waals surface area contributed by atoms with Gasteiger partial charge in [0.15, 0.2) is 0 Å². The first-order valence-electron chi connectivity index (χ1n) is 8.00. The molecule has 0 radical (unpaired) electrons. The number of nitrogens with zero attached hydrogens (tertiary/aromatic N) is 3. The topological polar surface area (TPSA) is 39.4 Å².